The number of benzene rings is 1. The van der Waals surface area contributed by atoms with Gasteiger partial charge in [-0.1, -0.05) is 17.3 Å². The third-order valence-corrected chi connectivity index (χ3v) is 3.38. The molecule has 0 N–H and O–H groups in total. The molecule has 0 radical (unpaired) electrons. The van der Waals surface area contributed by atoms with Crippen LogP contribution in [-0.4, -0.2) is 16.7 Å². The van der Waals surface area contributed by atoms with Crippen molar-refractivity contribution in [3.8, 4) is 0 Å². The molecule has 2 rings (SSSR count). The first kappa shape index (κ1) is 13.7. The van der Waals surface area contributed by atoms with Crippen molar-refractivity contribution in [3.63, 3.8) is 0 Å². The van der Waals surface area contributed by atoms with E-state index in [4.69, 9.17) is 4.84 Å². The van der Waals surface area contributed by atoms with Gasteiger partial charge in [-0.05, 0) is 53.8 Å². The van der Waals surface area contributed by atoms with E-state index >= 15 is 0 Å². The second-order valence-corrected chi connectivity index (χ2v) is 4.94. The number of aromatic nitrogens is 1. The second kappa shape index (κ2) is 6.42. The molecule has 1 aromatic heterocycles. The van der Waals surface area contributed by atoms with E-state index < -0.39 is 5.97 Å². The highest BCUT2D eigenvalue weighted by atomic mass is 127. The number of pyridine rings is 1. The molecule has 0 spiro atoms. The monoisotopic (exact) mass is 366 g/mol. The SMILES string of the molecule is C/C(=N\OC(=O)c1ccccc1I)c1cccnc1. The van der Waals surface area contributed by atoms with Crippen LogP contribution in [0.4, 0.5) is 0 Å². The minimum absolute atomic E-state index is 0.465. The molecule has 0 saturated heterocycles. The summed E-state index contributed by atoms with van der Waals surface area (Å²) in [6.07, 6.45) is 3.34. The topological polar surface area (TPSA) is 51.5 Å². The van der Waals surface area contributed by atoms with E-state index in [2.05, 4.69) is 32.7 Å². The van der Waals surface area contributed by atoms with E-state index in [9.17, 15) is 4.79 Å². The van der Waals surface area contributed by atoms with Gasteiger partial charge in [-0.3, -0.25) is 4.98 Å². The lowest BCUT2D eigenvalue weighted by Gasteiger charge is -2.02. The van der Waals surface area contributed by atoms with E-state index in [1.807, 2.05) is 18.2 Å². The van der Waals surface area contributed by atoms with E-state index in [0.717, 1.165) is 9.13 Å². The fourth-order valence-corrected chi connectivity index (χ4v) is 2.02. The molecule has 1 aromatic carbocycles. The number of carbonyl (C=O) groups is 1. The quantitative estimate of drug-likeness (QED) is 0.363. The molecule has 0 saturated carbocycles. The van der Waals surface area contributed by atoms with Gasteiger partial charge in [-0.2, -0.15) is 0 Å². The van der Waals surface area contributed by atoms with Crippen LogP contribution in [0.3, 0.4) is 0 Å². The lowest BCUT2D eigenvalue weighted by Crippen LogP contribution is -2.05. The summed E-state index contributed by atoms with van der Waals surface area (Å²) in [4.78, 5) is 20.8. The van der Waals surface area contributed by atoms with Gasteiger partial charge in [-0.15, -0.1) is 0 Å². The number of nitrogens with zero attached hydrogens (tertiary/aromatic N) is 2. The molecule has 4 nitrogen and oxygen atoms in total. The van der Waals surface area contributed by atoms with Gasteiger partial charge in [0, 0.05) is 21.5 Å². The highest BCUT2D eigenvalue weighted by molar-refractivity contribution is 14.1. The van der Waals surface area contributed by atoms with Crippen LogP contribution < -0.4 is 0 Å². The number of hydrogen-bond donors (Lipinski definition) is 0. The Bertz CT molecular complexity index is 612. The van der Waals surface area contributed by atoms with Gasteiger partial charge in [0.25, 0.3) is 0 Å². The van der Waals surface area contributed by atoms with Crippen LogP contribution in [0.1, 0.15) is 22.8 Å². The fourth-order valence-electron chi connectivity index (χ4n) is 1.42. The van der Waals surface area contributed by atoms with Crippen molar-refractivity contribution in [1.82, 2.24) is 4.98 Å². The van der Waals surface area contributed by atoms with E-state index in [-0.39, 0.29) is 0 Å². The second-order valence-electron chi connectivity index (χ2n) is 3.78. The number of oxime groups is 1. The zero-order chi connectivity index (χ0) is 13.7. The number of hydrogen-bond acceptors (Lipinski definition) is 4. The van der Waals surface area contributed by atoms with E-state index in [1.54, 1.807) is 37.5 Å². The number of carbonyl (C=O) groups excluding carboxylic acids is 1. The third-order valence-electron chi connectivity index (χ3n) is 2.44. The molecule has 19 heavy (non-hydrogen) atoms. The van der Waals surface area contributed by atoms with Crippen molar-refractivity contribution in [2.75, 3.05) is 0 Å². The first-order valence-electron chi connectivity index (χ1n) is 5.59. The normalized spacial score (nSPS) is 11.2. The Labute approximate surface area is 124 Å². The molecule has 0 bridgehead atoms. The fraction of sp³-hybridized carbons (Fsp3) is 0.0714. The van der Waals surface area contributed by atoms with E-state index in [1.165, 1.54) is 0 Å². The van der Waals surface area contributed by atoms with E-state index in [0.29, 0.717) is 11.3 Å². The smallest absolute Gasteiger partial charge is 0.312 e. The van der Waals surface area contributed by atoms with Crippen LogP contribution in [0, 0.1) is 3.57 Å². The molecule has 0 aliphatic carbocycles. The Hall–Kier alpha value is -1.76. The molecule has 5 heteroatoms. The zero-order valence-corrected chi connectivity index (χ0v) is 12.4. The molecule has 1 heterocycles. The lowest BCUT2D eigenvalue weighted by molar-refractivity contribution is 0.0515. The predicted molar refractivity (Wildman–Crippen MR) is 81.0 cm³/mol. The van der Waals surface area contributed by atoms with Gasteiger partial charge in [0.1, 0.15) is 0 Å². The molecule has 0 unspecified atom stereocenters. The molecular formula is C14H11IN2O2. The van der Waals surface area contributed by atoms with Crippen molar-refractivity contribution in [2.45, 2.75) is 6.92 Å². The van der Waals surface area contributed by atoms with Gasteiger partial charge >= 0.3 is 5.97 Å². The predicted octanol–water partition coefficient (Wildman–Crippen LogP) is 3.27. The maximum Gasteiger partial charge on any atom is 0.366 e. The molecule has 0 aliphatic heterocycles. The Morgan fingerprint density at radius 3 is 2.74 bits per heavy atom. The Kier molecular flexibility index (Phi) is 4.62. The maximum atomic E-state index is 11.9. The summed E-state index contributed by atoms with van der Waals surface area (Å²) in [5, 5.41) is 3.84. The van der Waals surface area contributed by atoms with Gasteiger partial charge in [0.05, 0.1) is 11.3 Å². The Morgan fingerprint density at radius 1 is 1.26 bits per heavy atom. The summed E-state index contributed by atoms with van der Waals surface area (Å²) in [5.74, 6) is -0.465. The minimum atomic E-state index is -0.465. The standard InChI is InChI=1S/C14H11IN2O2/c1-10(11-5-4-8-16-9-11)17-19-14(18)12-6-2-3-7-13(12)15/h2-9H,1H3/b17-10+. The summed E-state index contributed by atoms with van der Waals surface area (Å²) in [5.41, 5.74) is 1.93. The number of halogens is 1. The third kappa shape index (κ3) is 3.60. The van der Waals surface area contributed by atoms with Gasteiger partial charge < -0.3 is 4.84 Å². The minimum Gasteiger partial charge on any atom is -0.312 e. The Morgan fingerprint density at radius 2 is 2.05 bits per heavy atom. The van der Waals surface area contributed by atoms with Crippen LogP contribution in [0.2, 0.25) is 0 Å². The highest BCUT2D eigenvalue weighted by Crippen LogP contribution is 2.13. The average molecular weight is 366 g/mol. The number of rotatable bonds is 3. The largest absolute Gasteiger partial charge is 0.366 e. The van der Waals surface area contributed by atoms with Crippen LogP contribution in [-0.2, 0) is 4.84 Å². The van der Waals surface area contributed by atoms with Crippen molar-refractivity contribution in [3.05, 3.63) is 63.5 Å². The van der Waals surface area contributed by atoms with Gasteiger partial charge in [-0.25, -0.2) is 4.79 Å². The Balaban J connectivity index is 2.11. The van der Waals surface area contributed by atoms with Gasteiger partial charge in [0.15, 0.2) is 0 Å². The zero-order valence-electron chi connectivity index (χ0n) is 10.2. The van der Waals surface area contributed by atoms with Crippen LogP contribution in [0.15, 0.2) is 53.9 Å². The van der Waals surface area contributed by atoms with Crippen molar-refractivity contribution < 1.29 is 9.63 Å². The van der Waals surface area contributed by atoms with Crippen molar-refractivity contribution in [1.29, 1.82) is 0 Å². The lowest BCUT2D eigenvalue weighted by atomic mass is 10.2. The van der Waals surface area contributed by atoms with Crippen molar-refractivity contribution >= 4 is 34.3 Å². The summed E-state index contributed by atoms with van der Waals surface area (Å²) in [6, 6.07) is 10.9. The summed E-state index contributed by atoms with van der Waals surface area (Å²) in [6.45, 7) is 1.76. The molecule has 0 atom stereocenters. The summed E-state index contributed by atoms with van der Waals surface area (Å²) < 4.78 is 0.833. The first-order valence-corrected chi connectivity index (χ1v) is 6.67. The summed E-state index contributed by atoms with van der Waals surface area (Å²) >= 11 is 2.08. The first-order chi connectivity index (χ1) is 9.18. The maximum absolute atomic E-state index is 11.9. The molecule has 2 aromatic rings. The van der Waals surface area contributed by atoms with Crippen molar-refractivity contribution in [2.24, 2.45) is 5.16 Å². The molecule has 0 fully saturated rings. The summed E-state index contributed by atoms with van der Waals surface area (Å²) in [7, 11) is 0. The van der Waals surface area contributed by atoms with Crippen LogP contribution >= 0.6 is 22.6 Å². The molecule has 0 aliphatic rings. The molecular weight excluding hydrogens is 355 g/mol. The van der Waals surface area contributed by atoms with Crippen LogP contribution in [0.25, 0.3) is 0 Å². The van der Waals surface area contributed by atoms with Crippen LogP contribution in [0.5, 0.6) is 0 Å². The average Bonchev–Trinajstić information content (AvgIpc) is 2.46. The molecule has 0 amide bonds. The molecule has 96 valence electrons. The highest BCUT2D eigenvalue weighted by Gasteiger charge is 2.10. The van der Waals surface area contributed by atoms with Gasteiger partial charge in [0.2, 0.25) is 0 Å².